The van der Waals surface area contributed by atoms with Crippen molar-refractivity contribution in [2.24, 2.45) is 9.98 Å². The van der Waals surface area contributed by atoms with E-state index >= 15 is 0 Å². The number of nitrogens with zero attached hydrogens (tertiary/aromatic N) is 2. The number of furan rings is 1. The second-order valence-electron chi connectivity index (χ2n) is 12.6. The van der Waals surface area contributed by atoms with E-state index in [0.29, 0.717) is 12.4 Å². The van der Waals surface area contributed by atoms with Gasteiger partial charge in [-0.05, 0) is 67.2 Å². The van der Waals surface area contributed by atoms with Gasteiger partial charge in [0.2, 0.25) is 0 Å². The Bertz CT molecular complexity index is 2690. The minimum absolute atomic E-state index is 0.280. The minimum atomic E-state index is -0.280. The van der Waals surface area contributed by atoms with Crippen LogP contribution in [0.25, 0.3) is 60.0 Å². The van der Waals surface area contributed by atoms with Crippen LogP contribution in [0, 0.1) is 0 Å². The Morgan fingerprint density at radius 3 is 2.16 bits per heavy atom. The summed E-state index contributed by atoms with van der Waals surface area (Å²) < 4.78 is 6.64. The molecule has 5 nitrogen and oxygen atoms in total. The van der Waals surface area contributed by atoms with Crippen LogP contribution in [0.15, 0.2) is 166 Å². The van der Waals surface area contributed by atoms with Gasteiger partial charge in [-0.25, -0.2) is 9.98 Å². The van der Waals surface area contributed by atoms with Crippen molar-refractivity contribution in [3.8, 4) is 11.1 Å². The van der Waals surface area contributed by atoms with E-state index in [2.05, 4.69) is 120 Å². The fourth-order valence-electron chi connectivity index (χ4n) is 7.45. The normalized spacial score (nSPS) is 15.8. The van der Waals surface area contributed by atoms with Crippen molar-refractivity contribution in [3.05, 3.63) is 174 Å². The second kappa shape index (κ2) is 11.1. The van der Waals surface area contributed by atoms with Crippen molar-refractivity contribution in [2.75, 3.05) is 0 Å². The fraction of sp³-hybridized carbons (Fsp3) is 0.0455. The van der Waals surface area contributed by atoms with Crippen molar-refractivity contribution in [1.29, 1.82) is 0 Å². The molecule has 0 saturated heterocycles. The molecule has 0 radical (unpaired) electrons. The Morgan fingerprint density at radius 1 is 0.592 bits per heavy atom. The molecule has 0 bridgehead atoms. The number of aliphatic imine (C=N–C) groups is 2. The lowest BCUT2D eigenvalue weighted by atomic mass is 9.90. The van der Waals surface area contributed by atoms with E-state index in [4.69, 9.17) is 14.4 Å². The molecule has 1 atom stereocenters. The number of hydrogen-bond acceptors (Lipinski definition) is 5. The maximum atomic E-state index is 6.64. The van der Waals surface area contributed by atoms with E-state index in [0.717, 1.165) is 50.4 Å². The van der Waals surface area contributed by atoms with E-state index in [1.807, 2.05) is 42.6 Å². The zero-order chi connectivity index (χ0) is 32.3. The first-order chi connectivity index (χ1) is 24.3. The van der Waals surface area contributed by atoms with Gasteiger partial charge in [0.1, 0.15) is 23.3 Å². The SMILES string of the molecule is C1=C(C2=NC(c3ccccc3)NC(c3ccccc3)=N2)c2c(oc3cc(-c4cc5c6ccccc6ccc5c5ccccc45)ccc23)CN1. The maximum absolute atomic E-state index is 6.64. The first-order valence-electron chi connectivity index (χ1n) is 16.7. The number of nitrogens with one attached hydrogen (secondary N) is 2. The van der Waals surface area contributed by atoms with Crippen molar-refractivity contribution >= 4 is 60.5 Å². The molecule has 0 aliphatic carbocycles. The molecule has 2 N–H and O–H groups in total. The van der Waals surface area contributed by atoms with E-state index in [1.54, 1.807) is 0 Å². The smallest absolute Gasteiger partial charge is 0.161 e. The number of hydrogen-bond donors (Lipinski definition) is 2. The molecule has 0 amide bonds. The molecule has 0 fully saturated rings. The molecule has 8 aromatic rings. The Morgan fingerprint density at radius 2 is 1.31 bits per heavy atom. The topological polar surface area (TPSA) is 61.9 Å². The zero-order valence-corrected chi connectivity index (χ0v) is 26.5. The highest BCUT2D eigenvalue weighted by atomic mass is 16.3. The Balaban J connectivity index is 1.13. The van der Waals surface area contributed by atoms with Crippen molar-refractivity contribution in [2.45, 2.75) is 12.7 Å². The first-order valence-corrected chi connectivity index (χ1v) is 16.7. The number of benzene rings is 7. The van der Waals surface area contributed by atoms with Gasteiger partial charge in [0, 0.05) is 28.3 Å². The van der Waals surface area contributed by atoms with Gasteiger partial charge < -0.3 is 15.1 Å². The van der Waals surface area contributed by atoms with Gasteiger partial charge in [-0.15, -0.1) is 0 Å². The van der Waals surface area contributed by atoms with Crippen LogP contribution in [0.4, 0.5) is 0 Å². The maximum Gasteiger partial charge on any atom is 0.161 e. The van der Waals surface area contributed by atoms with Crippen molar-refractivity contribution < 1.29 is 4.42 Å². The van der Waals surface area contributed by atoms with E-state index in [1.165, 1.54) is 37.9 Å². The summed E-state index contributed by atoms with van der Waals surface area (Å²) in [6.45, 7) is 0.594. The molecule has 0 saturated carbocycles. The van der Waals surface area contributed by atoms with Gasteiger partial charge in [0.15, 0.2) is 5.84 Å². The van der Waals surface area contributed by atoms with Crippen LogP contribution in [0.2, 0.25) is 0 Å². The predicted octanol–water partition coefficient (Wildman–Crippen LogP) is 10.2. The number of fused-ring (bicyclic) bond motifs is 8. The predicted molar refractivity (Wildman–Crippen MR) is 202 cm³/mol. The highest BCUT2D eigenvalue weighted by Crippen LogP contribution is 2.41. The van der Waals surface area contributed by atoms with Crippen LogP contribution in [0.1, 0.15) is 28.6 Å². The summed E-state index contributed by atoms with van der Waals surface area (Å²) in [5.74, 6) is 2.34. The number of rotatable bonds is 4. The van der Waals surface area contributed by atoms with Gasteiger partial charge in [0.25, 0.3) is 0 Å². The average molecular weight is 631 g/mol. The van der Waals surface area contributed by atoms with Crippen molar-refractivity contribution in [3.63, 3.8) is 0 Å². The molecule has 10 rings (SSSR count). The molecule has 49 heavy (non-hydrogen) atoms. The molecular weight excluding hydrogens is 601 g/mol. The summed E-state index contributed by atoms with van der Waals surface area (Å²) in [4.78, 5) is 10.3. The van der Waals surface area contributed by atoms with Crippen LogP contribution in [0.5, 0.6) is 0 Å². The van der Waals surface area contributed by atoms with Crippen LogP contribution in [0.3, 0.4) is 0 Å². The fourth-order valence-corrected chi connectivity index (χ4v) is 7.45. The lowest BCUT2D eigenvalue weighted by Gasteiger charge is -2.25. The zero-order valence-electron chi connectivity index (χ0n) is 26.5. The van der Waals surface area contributed by atoms with Crippen LogP contribution in [-0.2, 0) is 6.54 Å². The second-order valence-corrected chi connectivity index (χ2v) is 12.6. The molecule has 5 heteroatoms. The van der Waals surface area contributed by atoms with Gasteiger partial charge in [-0.1, -0.05) is 127 Å². The summed E-state index contributed by atoms with van der Waals surface area (Å²) in [5.41, 5.74) is 7.21. The van der Waals surface area contributed by atoms with Gasteiger partial charge in [0.05, 0.1) is 6.54 Å². The summed E-state index contributed by atoms with van der Waals surface area (Å²) in [6, 6.07) is 51.3. The molecular formula is C44H30N4O. The lowest BCUT2D eigenvalue weighted by Crippen LogP contribution is -2.34. The van der Waals surface area contributed by atoms with E-state index in [9.17, 15) is 0 Å². The quantitative estimate of drug-likeness (QED) is 0.190. The highest BCUT2D eigenvalue weighted by molar-refractivity contribution is 6.30. The Labute approximate surface area is 283 Å². The van der Waals surface area contributed by atoms with Crippen LogP contribution in [-0.4, -0.2) is 11.7 Å². The lowest BCUT2D eigenvalue weighted by molar-refractivity contribution is 0.532. The molecule has 0 spiro atoms. The van der Waals surface area contributed by atoms with Crippen LogP contribution >= 0.6 is 0 Å². The molecule has 2 aliphatic heterocycles. The molecule has 3 heterocycles. The third-order valence-corrected chi connectivity index (χ3v) is 9.77. The summed E-state index contributed by atoms with van der Waals surface area (Å²) >= 11 is 0. The molecule has 1 aromatic heterocycles. The van der Waals surface area contributed by atoms with E-state index < -0.39 is 0 Å². The molecule has 232 valence electrons. The summed E-state index contributed by atoms with van der Waals surface area (Å²) in [6.07, 6.45) is 1.75. The molecule has 2 aliphatic rings. The van der Waals surface area contributed by atoms with Crippen LogP contribution < -0.4 is 10.6 Å². The number of amidine groups is 2. The molecule has 1 unspecified atom stereocenters. The highest BCUT2D eigenvalue weighted by Gasteiger charge is 2.28. The Hall–Kier alpha value is -6.46. The van der Waals surface area contributed by atoms with E-state index in [-0.39, 0.29) is 6.17 Å². The summed E-state index contributed by atoms with van der Waals surface area (Å²) in [7, 11) is 0. The van der Waals surface area contributed by atoms with Gasteiger partial charge in [-0.3, -0.25) is 0 Å². The largest absolute Gasteiger partial charge is 0.458 e. The minimum Gasteiger partial charge on any atom is -0.458 e. The van der Waals surface area contributed by atoms with Gasteiger partial charge in [-0.2, -0.15) is 0 Å². The summed E-state index contributed by atoms with van der Waals surface area (Å²) in [5, 5.41) is 15.5. The van der Waals surface area contributed by atoms with Gasteiger partial charge >= 0.3 is 0 Å². The monoisotopic (exact) mass is 630 g/mol. The standard InChI is InChI=1S/C44H30N4O/c1-3-12-28(13-4-1)42-46-43(29-14-5-2-6-15-29)48-44(47-42)38-25-45-26-40-41(38)35-22-20-30(23-39(35)49-40)36-24-37-31-16-8-7-11-27(31)19-21-34(37)32-17-9-10-18-33(32)36/h1-25,42,45H,26H2,(H,46,47,48). The Kier molecular flexibility index (Phi) is 6.24. The first kappa shape index (κ1) is 27.6. The third-order valence-electron chi connectivity index (χ3n) is 9.77. The molecule has 7 aromatic carbocycles. The van der Waals surface area contributed by atoms with Crippen molar-refractivity contribution in [1.82, 2.24) is 10.6 Å². The average Bonchev–Trinajstić information content (AvgIpc) is 3.56. The third kappa shape index (κ3) is 4.54.